The van der Waals surface area contributed by atoms with Crippen molar-refractivity contribution in [2.75, 3.05) is 19.0 Å². The molecule has 0 aliphatic heterocycles. The number of ether oxygens (including phenoxy) is 1. The van der Waals surface area contributed by atoms with Crippen molar-refractivity contribution >= 4 is 28.7 Å². The SMILES string of the molecule is CN(C)Cc1cc(F)cc(-c2ccn3nccc(Oc4ccc(N(C(=O)C5(C(N)=O)CC5)c5ccc(F)cc5)cc4F)c23)c1. The van der Waals surface area contributed by atoms with Crippen LogP contribution in [0.1, 0.15) is 18.4 Å². The van der Waals surface area contributed by atoms with Gasteiger partial charge in [-0.25, -0.2) is 17.7 Å². The lowest BCUT2D eigenvalue weighted by Gasteiger charge is -2.26. The monoisotopic (exact) mass is 599 g/mol. The number of aromatic nitrogens is 2. The molecule has 1 aliphatic rings. The zero-order chi connectivity index (χ0) is 31.2. The molecule has 1 saturated carbocycles. The first-order valence-electron chi connectivity index (χ1n) is 13.8. The molecule has 5 aromatic rings. The quantitative estimate of drug-likeness (QED) is 0.204. The predicted octanol–water partition coefficient (Wildman–Crippen LogP) is 6.20. The van der Waals surface area contributed by atoms with Gasteiger partial charge in [-0.3, -0.25) is 14.5 Å². The summed E-state index contributed by atoms with van der Waals surface area (Å²) in [5.74, 6) is -2.99. The van der Waals surface area contributed by atoms with Gasteiger partial charge in [0, 0.05) is 36.1 Å². The van der Waals surface area contributed by atoms with Gasteiger partial charge in [0.05, 0.1) is 11.9 Å². The van der Waals surface area contributed by atoms with Gasteiger partial charge in [-0.15, -0.1) is 0 Å². The molecule has 0 spiro atoms. The molecule has 1 aliphatic carbocycles. The van der Waals surface area contributed by atoms with Crippen LogP contribution >= 0.6 is 0 Å². The van der Waals surface area contributed by atoms with Gasteiger partial charge in [-0.1, -0.05) is 0 Å². The molecule has 0 saturated heterocycles. The van der Waals surface area contributed by atoms with Gasteiger partial charge < -0.3 is 15.4 Å². The molecule has 224 valence electrons. The summed E-state index contributed by atoms with van der Waals surface area (Å²) in [6.45, 7) is 0.535. The Morgan fingerprint density at radius 3 is 2.30 bits per heavy atom. The number of carbonyl (C=O) groups is 2. The summed E-state index contributed by atoms with van der Waals surface area (Å²) in [7, 11) is 3.79. The Labute approximate surface area is 251 Å². The van der Waals surface area contributed by atoms with Crippen molar-refractivity contribution in [3.63, 3.8) is 0 Å². The number of amides is 2. The number of nitrogens with zero attached hydrogens (tertiary/aromatic N) is 4. The molecule has 3 aromatic carbocycles. The van der Waals surface area contributed by atoms with Gasteiger partial charge in [0.2, 0.25) is 11.8 Å². The van der Waals surface area contributed by atoms with Crippen LogP contribution in [0, 0.1) is 22.9 Å². The molecule has 0 atom stereocenters. The topological polar surface area (TPSA) is 93.2 Å². The highest BCUT2D eigenvalue weighted by Gasteiger charge is 2.57. The van der Waals surface area contributed by atoms with Crippen LogP contribution in [0.2, 0.25) is 0 Å². The second-order valence-electron chi connectivity index (χ2n) is 11.1. The van der Waals surface area contributed by atoms with Crippen molar-refractivity contribution in [1.29, 1.82) is 0 Å². The van der Waals surface area contributed by atoms with E-state index in [2.05, 4.69) is 5.10 Å². The molecule has 0 radical (unpaired) electrons. The van der Waals surface area contributed by atoms with Crippen LogP contribution in [0.4, 0.5) is 24.5 Å². The zero-order valence-corrected chi connectivity index (χ0v) is 23.9. The molecular formula is C33H28F3N5O3. The molecule has 6 rings (SSSR count). The van der Waals surface area contributed by atoms with E-state index in [1.54, 1.807) is 22.8 Å². The van der Waals surface area contributed by atoms with E-state index in [-0.39, 0.29) is 35.7 Å². The minimum absolute atomic E-state index is 0.107. The number of rotatable bonds is 9. The smallest absolute Gasteiger partial charge is 0.247 e. The molecule has 2 aromatic heterocycles. The molecule has 0 bridgehead atoms. The molecule has 2 amide bonds. The van der Waals surface area contributed by atoms with Crippen LogP contribution in [0.15, 0.2) is 85.2 Å². The Bertz CT molecular complexity index is 1900. The third kappa shape index (κ3) is 5.37. The number of hydrogen-bond donors (Lipinski definition) is 1. The highest BCUT2D eigenvalue weighted by Crippen LogP contribution is 2.49. The lowest BCUT2D eigenvalue weighted by molar-refractivity contribution is -0.133. The van der Waals surface area contributed by atoms with Crippen molar-refractivity contribution in [1.82, 2.24) is 14.5 Å². The average molecular weight is 600 g/mol. The summed E-state index contributed by atoms with van der Waals surface area (Å²) < 4.78 is 51.6. The lowest BCUT2D eigenvalue weighted by atomic mass is 10.0. The van der Waals surface area contributed by atoms with E-state index < -0.39 is 34.7 Å². The number of carbonyl (C=O) groups excluding carboxylic acids is 2. The number of primary amides is 1. The minimum atomic E-state index is -1.41. The van der Waals surface area contributed by atoms with Crippen molar-refractivity contribution in [3.05, 3.63) is 108 Å². The average Bonchev–Trinajstić information content (AvgIpc) is 3.68. The van der Waals surface area contributed by atoms with E-state index in [9.17, 15) is 18.4 Å². The summed E-state index contributed by atoms with van der Waals surface area (Å²) in [5, 5.41) is 4.32. The summed E-state index contributed by atoms with van der Waals surface area (Å²) >= 11 is 0. The molecule has 2 N–H and O–H groups in total. The maximum atomic E-state index is 15.7. The second kappa shape index (κ2) is 11.2. The fraction of sp³-hybridized carbons (Fsp3) is 0.182. The van der Waals surface area contributed by atoms with Gasteiger partial charge in [0.25, 0.3) is 0 Å². The maximum Gasteiger partial charge on any atom is 0.247 e. The number of nitrogens with two attached hydrogens (primary N) is 1. The Hall–Kier alpha value is -5.16. The Morgan fingerprint density at radius 2 is 1.64 bits per heavy atom. The highest BCUT2D eigenvalue weighted by atomic mass is 19.1. The van der Waals surface area contributed by atoms with Gasteiger partial charge in [0.15, 0.2) is 17.3 Å². The summed E-state index contributed by atoms with van der Waals surface area (Å²) in [4.78, 5) is 28.8. The van der Waals surface area contributed by atoms with Crippen LogP contribution in [-0.4, -0.2) is 40.4 Å². The maximum absolute atomic E-state index is 15.7. The van der Waals surface area contributed by atoms with Crippen molar-refractivity contribution in [2.24, 2.45) is 11.1 Å². The van der Waals surface area contributed by atoms with E-state index >= 15 is 4.39 Å². The van der Waals surface area contributed by atoms with E-state index in [4.69, 9.17) is 10.5 Å². The molecular weight excluding hydrogens is 571 g/mol. The van der Waals surface area contributed by atoms with Crippen molar-refractivity contribution in [3.8, 4) is 22.6 Å². The Morgan fingerprint density at radius 1 is 0.909 bits per heavy atom. The molecule has 44 heavy (non-hydrogen) atoms. The van der Waals surface area contributed by atoms with Crippen molar-refractivity contribution < 1.29 is 27.5 Å². The van der Waals surface area contributed by atoms with Crippen LogP contribution in [0.5, 0.6) is 11.5 Å². The van der Waals surface area contributed by atoms with Gasteiger partial charge in [0.1, 0.15) is 22.6 Å². The summed E-state index contributed by atoms with van der Waals surface area (Å²) in [6, 6.07) is 17.1. The first-order chi connectivity index (χ1) is 21.1. The van der Waals surface area contributed by atoms with Crippen molar-refractivity contribution in [2.45, 2.75) is 19.4 Å². The van der Waals surface area contributed by atoms with Gasteiger partial charge in [-0.05, 0) is 98.7 Å². The molecule has 11 heteroatoms. The minimum Gasteiger partial charge on any atom is -0.452 e. The molecule has 1 fully saturated rings. The zero-order valence-electron chi connectivity index (χ0n) is 23.9. The first kappa shape index (κ1) is 28.9. The highest BCUT2D eigenvalue weighted by molar-refractivity contribution is 6.16. The fourth-order valence-electron chi connectivity index (χ4n) is 5.30. The lowest BCUT2D eigenvalue weighted by Crippen LogP contribution is -2.41. The van der Waals surface area contributed by atoms with E-state index in [0.29, 0.717) is 23.2 Å². The van der Waals surface area contributed by atoms with Gasteiger partial charge >= 0.3 is 0 Å². The molecule has 8 nitrogen and oxygen atoms in total. The largest absolute Gasteiger partial charge is 0.452 e. The second-order valence-corrected chi connectivity index (χ2v) is 11.1. The molecule has 0 unspecified atom stereocenters. The number of halogens is 3. The number of fused-ring (bicyclic) bond motifs is 1. The third-order valence-electron chi connectivity index (χ3n) is 7.60. The van der Waals surface area contributed by atoms with Gasteiger partial charge in [-0.2, -0.15) is 5.10 Å². The Kier molecular flexibility index (Phi) is 7.34. The number of anilines is 2. The third-order valence-corrected chi connectivity index (χ3v) is 7.60. The van der Waals surface area contributed by atoms with Crippen LogP contribution < -0.4 is 15.4 Å². The Balaban J connectivity index is 1.37. The number of hydrogen-bond acceptors (Lipinski definition) is 5. The van der Waals surface area contributed by atoms with Crippen LogP contribution in [0.25, 0.3) is 16.6 Å². The van der Waals surface area contributed by atoms with E-state index in [1.807, 2.05) is 25.1 Å². The van der Waals surface area contributed by atoms with E-state index in [1.165, 1.54) is 54.7 Å². The number of benzene rings is 3. The fourth-order valence-corrected chi connectivity index (χ4v) is 5.30. The summed E-state index contributed by atoms with van der Waals surface area (Å²) in [5.41, 5.74) is 7.02. The standard InChI is InChI=1S/C33H28F3N5O3/c1-39(2)19-20-15-21(17-23(35)16-20)26-10-14-40-30(26)29(9-13-38-40)44-28-8-7-25(18-27(28)36)41(24-5-3-22(34)4-6-24)32(43)33(11-12-33)31(37)42/h3-10,13-18H,11-12,19H2,1-2H3,(H2,37,42). The first-order valence-corrected chi connectivity index (χ1v) is 13.8. The van der Waals surface area contributed by atoms with Crippen LogP contribution in [0.3, 0.4) is 0 Å². The summed E-state index contributed by atoms with van der Waals surface area (Å²) in [6.07, 6.45) is 3.73. The molecule has 2 heterocycles. The van der Waals surface area contributed by atoms with Crippen LogP contribution in [-0.2, 0) is 16.1 Å². The predicted molar refractivity (Wildman–Crippen MR) is 159 cm³/mol. The van der Waals surface area contributed by atoms with E-state index in [0.717, 1.165) is 16.5 Å². The normalized spacial score (nSPS) is 13.7.